The molecule has 0 unspecified atom stereocenters. The summed E-state index contributed by atoms with van der Waals surface area (Å²) in [6.45, 7) is 9.27. The van der Waals surface area contributed by atoms with E-state index in [1.165, 1.54) is 5.56 Å². The molecular formula is C23H28N2O2. The minimum atomic E-state index is -0.171. The molecule has 1 atom stereocenters. The number of nitrogens with zero attached hydrogens (tertiary/aromatic N) is 1. The molecule has 1 saturated heterocycles. The molecule has 0 aromatic heterocycles. The van der Waals surface area contributed by atoms with Gasteiger partial charge in [-0.25, -0.2) is 0 Å². The lowest BCUT2D eigenvalue weighted by atomic mass is 9.96. The number of amides is 2. The van der Waals surface area contributed by atoms with Crippen LogP contribution in [0.3, 0.4) is 0 Å². The second kappa shape index (κ2) is 7.95. The molecule has 27 heavy (non-hydrogen) atoms. The van der Waals surface area contributed by atoms with Gasteiger partial charge in [0, 0.05) is 24.3 Å². The molecular weight excluding hydrogens is 336 g/mol. The van der Waals surface area contributed by atoms with E-state index in [1.54, 1.807) is 0 Å². The number of nitrogens with one attached hydrogen (secondary N) is 1. The highest BCUT2D eigenvalue weighted by molar-refractivity contribution is 5.96. The number of piperidine rings is 1. The van der Waals surface area contributed by atoms with Gasteiger partial charge in [0.1, 0.15) is 0 Å². The van der Waals surface area contributed by atoms with Crippen molar-refractivity contribution in [2.45, 2.75) is 40.5 Å². The average molecular weight is 364 g/mol. The number of likely N-dealkylation sites (tertiary alicyclic amines) is 1. The van der Waals surface area contributed by atoms with Crippen molar-refractivity contribution in [1.82, 2.24) is 4.90 Å². The molecule has 1 N–H and O–H groups in total. The number of anilines is 1. The van der Waals surface area contributed by atoms with E-state index in [-0.39, 0.29) is 17.7 Å². The minimum Gasteiger partial charge on any atom is -0.338 e. The zero-order valence-corrected chi connectivity index (χ0v) is 16.6. The highest BCUT2D eigenvalue weighted by atomic mass is 16.2. The van der Waals surface area contributed by atoms with Gasteiger partial charge in [-0.3, -0.25) is 9.59 Å². The lowest BCUT2D eigenvalue weighted by molar-refractivity contribution is -0.121. The number of rotatable bonds is 3. The molecule has 1 aliphatic heterocycles. The third-order valence-corrected chi connectivity index (χ3v) is 5.32. The summed E-state index contributed by atoms with van der Waals surface area (Å²) >= 11 is 0. The first-order valence-electron chi connectivity index (χ1n) is 9.59. The normalized spacial score (nSPS) is 16.9. The standard InChI is InChI=1S/C23H28N2O2/c1-15-10-16(2)12-20(11-15)23(27)25-9-5-6-19(14-25)22(26)24-21-8-7-17(3)18(4)13-21/h7-8,10-13,19H,5-6,9,14H2,1-4H3,(H,24,26)/t19-/m0/s1. The molecule has 142 valence electrons. The first-order chi connectivity index (χ1) is 12.8. The Hall–Kier alpha value is -2.62. The van der Waals surface area contributed by atoms with Crippen LogP contribution in [0.1, 0.15) is 45.5 Å². The van der Waals surface area contributed by atoms with Crippen molar-refractivity contribution in [2.75, 3.05) is 18.4 Å². The van der Waals surface area contributed by atoms with Crippen LogP contribution in [0.2, 0.25) is 0 Å². The van der Waals surface area contributed by atoms with E-state index >= 15 is 0 Å². The topological polar surface area (TPSA) is 49.4 Å². The van der Waals surface area contributed by atoms with Gasteiger partial charge < -0.3 is 10.2 Å². The van der Waals surface area contributed by atoms with Gasteiger partial charge in [0.2, 0.25) is 5.91 Å². The zero-order valence-electron chi connectivity index (χ0n) is 16.6. The third kappa shape index (κ3) is 4.57. The number of carbonyl (C=O) groups is 2. The van der Waals surface area contributed by atoms with Crippen molar-refractivity contribution < 1.29 is 9.59 Å². The van der Waals surface area contributed by atoms with E-state index in [9.17, 15) is 9.59 Å². The molecule has 0 bridgehead atoms. The Kier molecular flexibility index (Phi) is 5.64. The summed E-state index contributed by atoms with van der Waals surface area (Å²) < 4.78 is 0. The van der Waals surface area contributed by atoms with Crippen LogP contribution in [-0.2, 0) is 4.79 Å². The van der Waals surface area contributed by atoms with E-state index in [0.717, 1.165) is 35.2 Å². The zero-order chi connectivity index (χ0) is 19.6. The van der Waals surface area contributed by atoms with Gasteiger partial charge >= 0.3 is 0 Å². The van der Waals surface area contributed by atoms with E-state index in [2.05, 4.69) is 18.3 Å². The Labute approximate surface area is 161 Å². The van der Waals surface area contributed by atoms with Gasteiger partial charge in [-0.05, 0) is 75.9 Å². The summed E-state index contributed by atoms with van der Waals surface area (Å²) in [5.74, 6) is -0.156. The summed E-state index contributed by atoms with van der Waals surface area (Å²) in [5.41, 5.74) is 6.06. The molecule has 0 radical (unpaired) electrons. The largest absolute Gasteiger partial charge is 0.338 e. The highest BCUT2D eigenvalue weighted by Gasteiger charge is 2.29. The monoisotopic (exact) mass is 364 g/mol. The Balaban J connectivity index is 1.68. The Morgan fingerprint density at radius 1 is 0.963 bits per heavy atom. The van der Waals surface area contributed by atoms with Crippen molar-refractivity contribution in [3.8, 4) is 0 Å². The Bertz CT molecular complexity index is 852. The fourth-order valence-corrected chi connectivity index (χ4v) is 3.72. The molecule has 2 aromatic carbocycles. The van der Waals surface area contributed by atoms with Crippen LogP contribution in [0.4, 0.5) is 5.69 Å². The van der Waals surface area contributed by atoms with Crippen LogP contribution < -0.4 is 5.32 Å². The Morgan fingerprint density at radius 2 is 1.67 bits per heavy atom. The maximum Gasteiger partial charge on any atom is 0.253 e. The first-order valence-corrected chi connectivity index (χ1v) is 9.59. The van der Waals surface area contributed by atoms with Crippen LogP contribution in [0.15, 0.2) is 36.4 Å². The van der Waals surface area contributed by atoms with Crippen LogP contribution in [0.5, 0.6) is 0 Å². The number of aryl methyl sites for hydroxylation is 4. The molecule has 1 fully saturated rings. The lowest BCUT2D eigenvalue weighted by Gasteiger charge is -2.32. The van der Waals surface area contributed by atoms with E-state index in [0.29, 0.717) is 18.7 Å². The Morgan fingerprint density at radius 3 is 2.33 bits per heavy atom. The van der Waals surface area contributed by atoms with Crippen LogP contribution in [0, 0.1) is 33.6 Å². The predicted octanol–water partition coefficient (Wildman–Crippen LogP) is 4.41. The predicted molar refractivity (Wildman–Crippen MR) is 109 cm³/mol. The molecule has 0 aliphatic carbocycles. The van der Waals surface area contributed by atoms with E-state index in [1.807, 2.05) is 56.0 Å². The van der Waals surface area contributed by atoms with Gasteiger partial charge in [-0.15, -0.1) is 0 Å². The smallest absolute Gasteiger partial charge is 0.253 e. The number of carbonyl (C=O) groups excluding carboxylic acids is 2. The molecule has 0 spiro atoms. The van der Waals surface area contributed by atoms with Crippen LogP contribution in [0.25, 0.3) is 0 Å². The van der Waals surface area contributed by atoms with Crippen molar-refractivity contribution in [2.24, 2.45) is 5.92 Å². The summed E-state index contributed by atoms with van der Waals surface area (Å²) in [4.78, 5) is 27.5. The second-order valence-corrected chi connectivity index (χ2v) is 7.75. The fraction of sp³-hybridized carbons (Fsp3) is 0.391. The maximum absolute atomic E-state index is 12.9. The number of benzene rings is 2. The maximum atomic E-state index is 12.9. The average Bonchev–Trinajstić information content (AvgIpc) is 2.63. The molecule has 2 aromatic rings. The van der Waals surface area contributed by atoms with Crippen molar-refractivity contribution in [1.29, 1.82) is 0 Å². The van der Waals surface area contributed by atoms with Gasteiger partial charge in [0.25, 0.3) is 5.91 Å². The molecule has 3 rings (SSSR count). The van der Waals surface area contributed by atoms with Gasteiger partial charge in [-0.1, -0.05) is 23.3 Å². The quantitative estimate of drug-likeness (QED) is 0.877. The van der Waals surface area contributed by atoms with E-state index < -0.39 is 0 Å². The summed E-state index contributed by atoms with van der Waals surface area (Å²) in [7, 11) is 0. The van der Waals surface area contributed by atoms with Crippen molar-refractivity contribution in [3.63, 3.8) is 0 Å². The molecule has 2 amide bonds. The number of hydrogen-bond donors (Lipinski definition) is 1. The van der Waals surface area contributed by atoms with Crippen LogP contribution in [-0.4, -0.2) is 29.8 Å². The lowest BCUT2D eigenvalue weighted by Crippen LogP contribution is -2.43. The van der Waals surface area contributed by atoms with E-state index in [4.69, 9.17) is 0 Å². The SMILES string of the molecule is Cc1cc(C)cc(C(=O)N2CCC[C@H](C(=O)Nc3ccc(C)c(C)c3)C2)c1. The molecule has 1 heterocycles. The minimum absolute atomic E-state index is 0.00354. The highest BCUT2D eigenvalue weighted by Crippen LogP contribution is 2.22. The summed E-state index contributed by atoms with van der Waals surface area (Å²) in [6, 6.07) is 11.9. The van der Waals surface area contributed by atoms with Gasteiger partial charge in [-0.2, -0.15) is 0 Å². The summed E-state index contributed by atoms with van der Waals surface area (Å²) in [6.07, 6.45) is 1.66. The molecule has 1 aliphatic rings. The van der Waals surface area contributed by atoms with Gasteiger partial charge in [0.05, 0.1) is 5.92 Å². The number of hydrogen-bond acceptors (Lipinski definition) is 2. The first kappa shape index (κ1) is 19.2. The molecule has 4 nitrogen and oxygen atoms in total. The van der Waals surface area contributed by atoms with Gasteiger partial charge in [0.15, 0.2) is 0 Å². The molecule has 4 heteroatoms. The second-order valence-electron chi connectivity index (χ2n) is 7.75. The van der Waals surface area contributed by atoms with Crippen LogP contribution >= 0.6 is 0 Å². The van der Waals surface area contributed by atoms with Crippen molar-refractivity contribution in [3.05, 3.63) is 64.2 Å². The fourth-order valence-electron chi connectivity index (χ4n) is 3.72. The molecule has 0 saturated carbocycles. The van der Waals surface area contributed by atoms with Crippen molar-refractivity contribution >= 4 is 17.5 Å². The third-order valence-electron chi connectivity index (χ3n) is 5.32. The summed E-state index contributed by atoms with van der Waals surface area (Å²) in [5, 5.41) is 3.02.